The van der Waals surface area contributed by atoms with Crippen LogP contribution in [0.4, 0.5) is 0 Å². The molecule has 0 radical (unpaired) electrons. The van der Waals surface area contributed by atoms with Crippen LogP contribution in [0.25, 0.3) is 0 Å². The normalized spacial score (nSPS) is 10.0. The Morgan fingerprint density at radius 2 is 1.68 bits per heavy atom. The zero-order chi connectivity index (χ0) is 13.8. The molecule has 2 aromatic carbocycles. The lowest BCUT2D eigenvalue weighted by molar-refractivity contribution is 0.302. The summed E-state index contributed by atoms with van der Waals surface area (Å²) in [6.45, 7) is 0.350. The fraction of sp³-hybridized carbons (Fsp3) is 0.0714. The van der Waals surface area contributed by atoms with Crippen LogP contribution in [-0.4, -0.2) is 0 Å². The third-order valence-corrected chi connectivity index (χ3v) is 4.11. The van der Waals surface area contributed by atoms with Crippen molar-refractivity contribution >= 4 is 47.8 Å². The standard InChI is InChI=1S/C14H8Br3NO/c15-11-5-12(16)14(13(17)6-11)19-8-10-4-2-1-3-9(10)7-18/h1-6H,8H2. The summed E-state index contributed by atoms with van der Waals surface area (Å²) >= 11 is 10.3. The summed E-state index contributed by atoms with van der Waals surface area (Å²) in [6, 6.07) is 13.4. The fourth-order valence-corrected chi connectivity index (χ4v) is 4.06. The molecule has 0 saturated carbocycles. The molecule has 0 bridgehead atoms. The lowest BCUT2D eigenvalue weighted by atomic mass is 10.1. The van der Waals surface area contributed by atoms with Crippen molar-refractivity contribution in [2.45, 2.75) is 6.61 Å². The van der Waals surface area contributed by atoms with Gasteiger partial charge in [0.05, 0.1) is 20.6 Å². The molecule has 0 saturated heterocycles. The summed E-state index contributed by atoms with van der Waals surface area (Å²) in [6.07, 6.45) is 0. The van der Waals surface area contributed by atoms with Crippen LogP contribution in [-0.2, 0) is 6.61 Å². The van der Waals surface area contributed by atoms with Gasteiger partial charge in [-0.2, -0.15) is 5.26 Å². The Morgan fingerprint density at radius 3 is 2.32 bits per heavy atom. The lowest BCUT2D eigenvalue weighted by Crippen LogP contribution is -1.99. The second-order valence-electron chi connectivity index (χ2n) is 3.76. The molecule has 5 heteroatoms. The van der Waals surface area contributed by atoms with Gasteiger partial charge in [0.1, 0.15) is 12.4 Å². The summed E-state index contributed by atoms with van der Waals surface area (Å²) in [5, 5.41) is 9.03. The SMILES string of the molecule is N#Cc1ccccc1COc1c(Br)cc(Br)cc1Br. The molecule has 0 aromatic heterocycles. The topological polar surface area (TPSA) is 33.0 Å². The number of hydrogen-bond donors (Lipinski definition) is 0. The van der Waals surface area contributed by atoms with E-state index in [2.05, 4.69) is 53.9 Å². The van der Waals surface area contributed by atoms with E-state index in [1.807, 2.05) is 30.3 Å². The number of nitrogens with zero attached hydrogens (tertiary/aromatic N) is 1. The Morgan fingerprint density at radius 1 is 1.05 bits per heavy atom. The highest BCUT2D eigenvalue weighted by Gasteiger charge is 2.09. The van der Waals surface area contributed by atoms with Gasteiger partial charge in [0.15, 0.2) is 0 Å². The molecule has 0 fully saturated rings. The van der Waals surface area contributed by atoms with E-state index in [9.17, 15) is 0 Å². The predicted octanol–water partition coefficient (Wildman–Crippen LogP) is 5.42. The van der Waals surface area contributed by atoms with Crippen molar-refractivity contribution in [1.29, 1.82) is 5.26 Å². The minimum atomic E-state index is 0.350. The molecule has 2 nitrogen and oxygen atoms in total. The van der Waals surface area contributed by atoms with Crippen LogP contribution in [0.15, 0.2) is 49.8 Å². The molecule has 0 unspecified atom stereocenters. The molecule has 0 N–H and O–H groups in total. The van der Waals surface area contributed by atoms with Gasteiger partial charge in [0, 0.05) is 10.0 Å². The van der Waals surface area contributed by atoms with Crippen molar-refractivity contribution in [3.63, 3.8) is 0 Å². The van der Waals surface area contributed by atoms with Gasteiger partial charge in [0.2, 0.25) is 0 Å². The van der Waals surface area contributed by atoms with Crippen molar-refractivity contribution in [2.75, 3.05) is 0 Å². The molecule has 0 heterocycles. The van der Waals surface area contributed by atoms with Gasteiger partial charge >= 0.3 is 0 Å². The first kappa shape index (κ1) is 14.6. The average Bonchev–Trinajstić information content (AvgIpc) is 2.38. The van der Waals surface area contributed by atoms with Gasteiger partial charge in [-0.15, -0.1) is 0 Å². The number of nitriles is 1. The Bertz CT molecular complexity index is 626. The fourth-order valence-electron chi connectivity index (χ4n) is 1.57. The zero-order valence-corrected chi connectivity index (χ0v) is 14.4. The van der Waals surface area contributed by atoms with Crippen LogP contribution >= 0.6 is 47.8 Å². The molecule has 0 atom stereocenters. The Balaban J connectivity index is 2.22. The van der Waals surface area contributed by atoms with Gasteiger partial charge in [-0.1, -0.05) is 34.1 Å². The number of ether oxygens (including phenoxy) is 1. The first-order valence-corrected chi connectivity index (χ1v) is 7.75. The molecule has 2 rings (SSSR count). The minimum absolute atomic E-state index is 0.350. The van der Waals surface area contributed by atoms with Gasteiger partial charge in [-0.3, -0.25) is 0 Å². The number of rotatable bonds is 3. The number of benzene rings is 2. The van der Waals surface area contributed by atoms with E-state index in [1.54, 1.807) is 6.07 Å². The molecule has 0 spiro atoms. The molecule has 2 aromatic rings. The minimum Gasteiger partial charge on any atom is -0.486 e. The molecule has 96 valence electrons. The van der Waals surface area contributed by atoms with Gasteiger partial charge < -0.3 is 4.74 Å². The van der Waals surface area contributed by atoms with Crippen LogP contribution in [0, 0.1) is 11.3 Å². The first-order chi connectivity index (χ1) is 9.11. The van der Waals surface area contributed by atoms with E-state index in [1.165, 1.54) is 0 Å². The van der Waals surface area contributed by atoms with E-state index in [-0.39, 0.29) is 0 Å². The van der Waals surface area contributed by atoms with Gasteiger partial charge in [-0.25, -0.2) is 0 Å². The maximum Gasteiger partial charge on any atom is 0.148 e. The van der Waals surface area contributed by atoms with E-state index >= 15 is 0 Å². The van der Waals surface area contributed by atoms with Crippen LogP contribution < -0.4 is 4.74 Å². The quantitative estimate of drug-likeness (QED) is 0.631. The maximum atomic E-state index is 9.03. The largest absolute Gasteiger partial charge is 0.486 e. The van der Waals surface area contributed by atoms with Crippen molar-refractivity contribution in [1.82, 2.24) is 0 Å². The lowest BCUT2D eigenvalue weighted by Gasteiger charge is -2.11. The van der Waals surface area contributed by atoms with Crippen molar-refractivity contribution in [3.05, 3.63) is 60.9 Å². The van der Waals surface area contributed by atoms with Crippen LogP contribution in [0.1, 0.15) is 11.1 Å². The number of halogens is 3. The summed E-state index contributed by atoms with van der Waals surface area (Å²) in [5.41, 5.74) is 1.50. The highest BCUT2D eigenvalue weighted by atomic mass is 79.9. The highest BCUT2D eigenvalue weighted by molar-refractivity contribution is 9.11. The highest BCUT2D eigenvalue weighted by Crippen LogP contribution is 2.36. The second kappa shape index (κ2) is 6.56. The summed E-state index contributed by atoms with van der Waals surface area (Å²) in [7, 11) is 0. The van der Waals surface area contributed by atoms with Gasteiger partial charge in [0.25, 0.3) is 0 Å². The zero-order valence-electron chi connectivity index (χ0n) is 9.66. The smallest absolute Gasteiger partial charge is 0.148 e. The van der Waals surface area contributed by atoms with Crippen LogP contribution in [0.3, 0.4) is 0 Å². The first-order valence-electron chi connectivity index (χ1n) is 5.37. The molecular formula is C14H8Br3NO. The van der Waals surface area contributed by atoms with Gasteiger partial charge in [-0.05, 0) is 50.1 Å². The third kappa shape index (κ3) is 3.59. The second-order valence-corrected chi connectivity index (χ2v) is 6.38. The Hall–Kier alpha value is -0.830. The van der Waals surface area contributed by atoms with Crippen molar-refractivity contribution in [2.24, 2.45) is 0 Å². The van der Waals surface area contributed by atoms with Crippen molar-refractivity contribution in [3.8, 4) is 11.8 Å². The summed E-state index contributed by atoms with van der Waals surface area (Å²) in [4.78, 5) is 0. The maximum absolute atomic E-state index is 9.03. The van der Waals surface area contributed by atoms with Crippen LogP contribution in [0.5, 0.6) is 5.75 Å². The number of hydrogen-bond acceptors (Lipinski definition) is 2. The van der Waals surface area contributed by atoms with E-state index in [0.29, 0.717) is 12.2 Å². The monoisotopic (exact) mass is 443 g/mol. The molecule has 0 aliphatic rings. The molecule has 0 aliphatic carbocycles. The molecule has 0 amide bonds. The van der Waals surface area contributed by atoms with E-state index < -0.39 is 0 Å². The Kier molecular flexibility index (Phi) is 5.03. The predicted molar refractivity (Wildman–Crippen MR) is 85.0 cm³/mol. The third-order valence-electron chi connectivity index (χ3n) is 2.47. The van der Waals surface area contributed by atoms with E-state index in [0.717, 1.165) is 24.7 Å². The molecule has 19 heavy (non-hydrogen) atoms. The summed E-state index contributed by atoms with van der Waals surface area (Å²) in [5.74, 6) is 0.718. The summed E-state index contributed by atoms with van der Waals surface area (Å²) < 4.78 is 8.44. The Labute approximate surface area is 136 Å². The van der Waals surface area contributed by atoms with Crippen molar-refractivity contribution < 1.29 is 4.74 Å². The van der Waals surface area contributed by atoms with E-state index in [4.69, 9.17) is 10.00 Å². The van der Waals surface area contributed by atoms with Crippen LogP contribution in [0.2, 0.25) is 0 Å². The molecule has 0 aliphatic heterocycles. The average molecular weight is 446 g/mol. The molecular weight excluding hydrogens is 438 g/mol.